The van der Waals surface area contributed by atoms with Crippen molar-refractivity contribution < 1.29 is 9.53 Å². The van der Waals surface area contributed by atoms with E-state index in [0.29, 0.717) is 17.3 Å². The number of methoxy groups -OCH3 is 1. The molecule has 0 radical (unpaired) electrons. The lowest BCUT2D eigenvalue weighted by atomic mass is 10.2. The zero-order chi connectivity index (χ0) is 17.6. The van der Waals surface area contributed by atoms with Crippen LogP contribution >= 0.6 is 0 Å². The first-order valence-electron chi connectivity index (χ1n) is 7.76. The molecule has 3 aromatic rings. The summed E-state index contributed by atoms with van der Waals surface area (Å²) in [6.45, 7) is 2.00. The number of nitrogens with zero attached hydrogens (tertiary/aromatic N) is 2. The Morgan fingerprint density at radius 2 is 1.88 bits per heavy atom. The van der Waals surface area contributed by atoms with Gasteiger partial charge in [-0.3, -0.25) is 4.79 Å². The van der Waals surface area contributed by atoms with Crippen LogP contribution in [0.1, 0.15) is 16.1 Å². The summed E-state index contributed by atoms with van der Waals surface area (Å²) in [5.41, 5.74) is 2.93. The van der Waals surface area contributed by atoms with Gasteiger partial charge in [0.15, 0.2) is 0 Å². The monoisotopic (exact) mass is 334 g/mol. The standard InChI is InChI=1S/C19H18N4O2/c1-13-6-3-4-9-16(13)23-18-11-17(20-12-21-18)19(24)22-14-7-5-8-15(10-14)25-2/h3-12H,1-2H3,(H,22,24)(H,20,21,23). The molecule has 0 aliphatic carbocycles. The molecule has 0 bridgehead atoms. The number of hydrogen-bond acceptors (Lipinski definition) is 5. The third-order valence-electron chi connectivity index (χ3n) is 3.64. The van der Waals surface area contributed by atoms with Crippen molar-refractivity contribution in [1.82, 2.24) is 9.97 Å². The fourth-order valence-electron chi connectivity index (χ4n) is 2.30. The fourth-order valence-corrected chi connectivity index (χ4v) is 2.30. The lowest BCUT2D eigenvalue weighted by molar-refractivity contribution is 0.102. The molecule has 0 unspecified atom stereocenters. The Kier molecular flexibility index (Phi) is 4.89. The number of anilines is 3. The van der Waals surface area contributed by atoms with Gasteiger partial charge in [-0.1, -0.05) is 24.3 Å². The summed E-state index contributed by atoms with van der Waals surface area (Å²) in [6.07, 6.45) is 1.36. The van der Waals surface area contributed by atoms with Crippen LogP contribution in [0.3, 0.4) is 0 Å². The fraction of sp³-hybridized carbons (Fsp3) is 0.105. The molecular formula is C19H18N4O2. The molecule has 2 N–H and O–H groups in total. The van der Waals surface area contributed by atoms with E-state index in [1.807, 2.05) is 37.3 Å². The van der Waals surface area contributed by atoms with Gasteiger partial charge in [0.25, 0.3) is 5.91 Å². The minimum atomic E-state index is -0.316. The summed E-state index contributed by atoms with van der Waals surface area (Å²) < 4.78 is 5.15. The maximum absolute atomic E-state index is 12.4. The summed E-state index contributed by atoms with van der Waals surface area (Å²) in [5.74, 6) is 0.908. The topological polar surface area (TPSA) is 76.1 Å². The first-order valence-corrected chi connectivity index (χ1v) is 7.76. The average molecular weight is 334 g/mol. The van der Waals surface area contributed by atoms with Crippen LogP contribution in [0.5, 0.6) is 5.75 Å². The molecule has 0 saturated heterocycles. The summed E-state index contributed by atoms with van der Waals surface area (Å²) in [6, 6.07) is 16.6. The Morgan fingerprint density at radius 3 is 2.68 bits per heavy atom. The van der Waals surface area contributed by atoms with E-state index in [9.17, 15) is 4.79 Å². The lowest BCUT2D eigenvalue weighted by Gasteiger charge is -2.10. The summed E-state index contributed by atoms with van der Waals surface area (Å²) >= 11 is 0. The highest BCUT2D eigenvalue weighted by atomic mass is 16.5. The average Bonchev–Trinajstić information content (AvgIpc) is 2.64. The van der Waals surface area contributed by atoms with E-state index < -0.39 is 0 Å². The predicted octanol–water partition coefficient (Wildman–Crippen LogP) is 3.79. The summed E-state index contributed by atoms with van der Waals surface area (Å²) in [7, 11) is 1.58. The van der Waals surface area contributed by atoms with Gasteiger partial charge >= 0.3 is 0 Å². The molecule has 0 spiro atoms. The van der Waals surface area contributed by atoms with E-state index in [2.05, 4.69) is 20.6 Å². The summed E-state index contributed by atoms with van der Waals surface area (Å²) in [5, 5.41) is 6.00. The highest BCUT2D eigenvalue weighted by Gasteiger charge is 2.10. The third kappa shape index (κ3) is 4.11. The number of para-hydroxylation sites is 1. The number of amides is 1. The number of nitrogens with one attached hydrogen (secondary N) is 2. The molecule has 25 heavy (non-hydrogen) atoms. The van der Waals surface area contributed by atoms with E-state index in [0.717, 1.165) is 11.3 Å². The van der Waals surface area contributed by atoms with E-state index in [1.54, 1.807) is 31.4 Å². The molecule has 1 amide bonds. The van der Waals surface area contributed by atoms with Crippen molar-refractivity contribution >= 4 is 23.1 Å². The van der Waals surface area contributed by atoms with E-state index in [-0.39, 0.29) is 11.6 Å². The Bertz CT molecular complexity index is 896. The van der Waals surface area contributed by atoms with Crippen LogP contribution < -0.4 is 15.4 Å². The smallest absolute Gasteiger partial charge is 0.274 e. The second-order valence-electron chi connectivity index (χ2n) is 5.41. The van der Waals surface area contributed by atoms with Gasteiger partial charge in [0.1, 0.15) is 23.6 Å². The highest BCUT2D eigenvalue weighted by molar-refractivity contribution is 6.03. The van der Waals surface area contributed by atoms with Crippen molar-refractivity contribution in [2.24, 2.45) is 0 Å². The Morgan fingerprint density at radius 1 is 1.04 bits per heavy atom. The molecule has 0 fully saturated rings. The Labute approximate surface area is 145 Å². The zero-order valence-corrected chi connectivity index (χ0v) is 14.0. The number of carbonyl (C=O) groups excluding carboxylic acids is 1. The molecule has 0 saturated carbocycles. The molecule has 6 heteroatoms. The Hall–Kier alpha value is -3.41. The van der Waals surface area contributed by atoms with Crippen molar-refractivity contribution in [1.29, 1.82) is 0 Å². The van der Waals surface area contributed by atoms with Crippen molar-refractivity contribution in [2.75, 3.05) is 17.7 Å². The Balaban J connectivity index is 1.76. The highest BCUT2D eigenvalue weighted by Crippen LogP contribution is 2.20. The van der Waals surface area contributed by atoms with E-state index in [4.69, 9.17) is 4.74 Å². The quantitative estimate of drug-likeness (QED) is 0.742. The van der Waals surface area contributed by atoms with Crippen molar-refractivity contribution in [3.63, 3.8) is 0 Å². The minimum Gasteiger partial charge on any atom is -0.497 e. The molecule has 3 rings (SSSR count). The van der Waals surface area contributed by atoms with Gasteiger partial charge in [-0.25, -0.2) is 9.97 Å². The first kappa shape index (κ1) is 16.4. The van der Waals surface area contributed by atoms with Gasteiger partial charge in [-0.05, 0) is 30.7 Å². The maximum atomic E-state index is 12.4. The van der Waals surface area contributed by atoms with Crippen molar-refractivity contribution in [2.45, 2.75) is 6.92 Å². The number of rotatable bonds is 5. The van der Waals surface area contributed by atoms with Crippen molar-refractivity contribution in [3.8, 4) is 5.75 Å². The second kappa shape index (κ2) is 7.44. The predicted molar refractivity (Wildman–Crippen MR) is 97.4 cm³/mol. The van der Waals surface area contributed by atoms with E-state index >= 15 is 0 Å². The van der Waals surface area contributed by atoms with Gasteiger partial charge in [0, 0.05) is 23.5 Å². The third-order valence-corrected chi connectivity index (χ3v) is 3.64. The number of hydrogen-bond donors (Lipinski definition) is 2. The largest absolute Gasteiger partial charge is 0.497 e. The molecular weight excluding hydrogens is 316 g/mol. The lowest BCUT2D eigenvalue weighted by Crippen LogP contribution is -2.14. The van der Waals surface area contributed by atoms with Crippen molar-refractivity contribution in [3.05, 3.63) is 72.2 Å². The molecule has 126 valence electrons. The molecule has 0 atom stereocenters. The van der Waals surface area contributed by atoms with Gasteiger partial charge in [-0.2, -0.15) is 0 Å². The number of aromatic nitrogens is 2. The van der Waals surface area contributed by atoms with Crippen LogP contribution in [0, 0.1) is 6.92 Å². The normalized spacial score (nSPS) is 10.2. The van der Waals surface area contributed by atoms with E-state index in [1.165, 1.54) is 6.33 Å². The van der Waals surface area contributed by atoms with Crippen LogP contribution in [-0.2, 0) is 0 Å². The van der Waals surface area contributed by atoms with Crippen LogP contribution in [0.4, 0.5) is 17.2 Å². The van der Waals surface area contributed by atoms with Crippen LogP contribution in [-0.4, -0.2) is 23.0 Å². The van der Waals surface area contributed by atoms with Gasteiger partial charge in [0.2, 0.25) is 0 Å². The number of ether oxygens (including phenoxy) is 1. The number of aryl methyl sites for hydroxylation is 1. The number of benzene rings is 2. The molecule has 0 aliphatic rings. The second-order valence-corrected chi connectivity index (χ2v) is 5.41. The molecule has 6 nitrogen and oxygen atoms in total. The maximum Gasteiger partial charge on any atom is 0.274 e. The van der Waals surface area contributed by atoms with Crippen LogP contribution in [0.25, 0.3) is 0 Å². The molecule has 2 aromatic carbocycles. The van der Waals surface area contributed by atoms with Gasteiger partial charge in [-0.15, -0.1) is 0 Å². The van der Waals surface area contributed by atoms with Crippen LogP contribution in [0.15, 0.2) is 60.9 Å². The van der Waals surface area contributed by atoms with Gasteiger partial charge < -0.3 is 15.4 Å². The SMILES string of the molecule is COc1cccc(NC(=O)c2cc(Nc3ccccc3C)ncn2)c1. The molecule has 0 aliphatic heterocycles. The zero-order valence-electron chi connectivity index (χ0n) is 14.0. The molecule has 1 heterocycles. The van der Waals surface area contributed by atoms with Gasteiger partial charge in [0.05, 0.1) is 7.11 Å². The summed E-state index contributed by atoms with van der Waals surface area (Å²) in [4.78, 5) is 20.6. The first-order chi connectivity index (χ1) is 12.2. The van der Waals surface area contributed by atoms with Crippen LogP contribution in [0.2, 0.25) is 0 Å². The minimum absolute atomic E-state index is 0.272. The molecule has 1 aromatic heterocycles. The number of carbonyl (C=O) groups is 1.